The summed E-state index contributed by atoms with van der Waals surface area (Å²) in [6.07, 6.45) is 0.717. The minimum atomic E-state index is -2.73. The molecule has 0 bridgehead atoms. The van der Waals surface area contributed by atoms with Crippen molar-refractivity contribution in [2.45, 2.75) is 34.7 Å². The lowest BCUT2D eigenvalue weighted by atomic mass is 9.64. The molecule has 7 rings (SSSR count). The van der Waals surface area contributed by atoms with Gasteiger partial charge in [0.05, 0.1) is 25.4 Å². The number of amides is 2. The summed E-state index contributed by atoms with van der Waals surface area (Å²) in [5.74, 6) is -17.7. The van der Waals surface area contributed by atoms with Gasteiger partial charge >= 0.3 is 11.4 Å². The van der Waals surface area contributed by atoms with Gasteiger partial charge in [0.15, 0.2) is 44.5 Å². The highest BCUT2D eigenvalue weighted by Crippen LogP contribution is 2.64. The van der Waals surface area contributed by atoms with Crippen LogP contribution in [0.25, 0.3) is 5.69 Å². The standard InChI is InChI=1S/C31H19Cl2F5N4O6/c1-48-18-11-13(7-8-17(18)43)19-15-9-10-39-28(46)40(14-5-3-2-4-6-14)29(47)42(39)16(15)12-30(32)26(44)41(27(45)31(19,30)33)25-23(37)21(35)20(34)22(36)24(25)38/h2-9,11,16,19,43H,10,12H2,1H3. The summed E-state index contributed by atoms with van der Waals surface area (Å²) >= 11 is 14.1. The van der Waals surface area contributed by atoms with Gasteiger partial charge in [-0.1, -0.05) is 30.3 Å². The monoisotopic (exact) mass is 708 g/mol. The summed E-state index contributed by atoms with van der Waals surface area (Å²) < 4.78 is 81.2. The van der Waals surface area contributed by atoms with E-state index in [1.165, 1.54) is 37.5 Å². The van der Waals surface area contributed by atoms with Crippen LogP contribution in [0, 0.1) is 29.1 Å². The van der Waals surface area contributed by atoms with E-state index in [1.54, 1.807) is 18.2 Å². The molecule has 1 aromatic heterocycles. The van der Waals surface area contributed by atoms with Gasteiger partial charge in [-0.15, -0.1) is 23.2 Å². The van der Waals surface area contributed by atoms with Crippen molar-refractivity contribution in [1.29, 1.82) is 0 Å². The topological polar surface area (TPSA) is 116 Å². The molecular formula is C31H19Cl2F5N4O6. The van der Waals surface area contributed by atoms with Crippen molar-refractivity contribution in [3.8, 4) is 17.2 Å². The summed E-state index contributed by atoms with van der Waals surface area (Å²) in [5, 5.41) is 10.3. The maximum Gasteiger partial charge on any atom is 0.352 e. The zero-order valence-corrected chi connectivity index (χ0v) is 25.7. The summed E-state index contributed by atoms with van der Waals surface area (Å²) in [6.45, 7) is -0.253. The molecule has 3 aliphatic rings. The average molecular weight is 709 g/mol. The van der Waals surface area contributed by atoms with Gasteiger partial charge in [-0.2, -0.15) is 0 Å². The van der Waals surface area contributed by atoms with E-state index in [9.17, 15) is 37.5 Å². The number of nitrogens with zero attached hydrogens (tertiary/aromatic N) is 4. The molecule has 2 aliphatic heterocycles. The molecule has 17 heteroatoms. The molecule has 48 heavy (non-hydrogen) atoms. The van der Waals surface area contributed by atoms with E-state index in [0.717, 1.165) is 20.0 Å². The van der Waals surface area contributed by atoms with Crippen LogP contribution in [-0.4, -0.2) is 47.7 Å². The number of benzene rings is 3. The second-order valence-electron chi connectivity index (χ2n) is 11.3. The first-order valence-electron chi connectivity index (χ1n) is 14.1. The lowest BCUT2D eigenvalue weighted by Gasteiger charge is -2.49. The van der Waals surface area contributed by atoms with Crippen molar-refractivity contribution in [1.82, 2.24) is 13.9 Å². The Morgan fingerprint density at radius 3 is 2.10 bits per heavy atom. The zero-order valence-electron chi connectivity index (χ0n) is 24.2. The smallest absolute Gasteiger partial charge is 0.352 e. The number of carbonyl (C=O) groups is 2. The third-order valence-corrected chi connectivity index (χ3v) is 10.5. The number of alkyl halides is 2. The highest BCUT2D eigenvalue weighted by atomic mass is 35.5. The highest BCUT2D eigenvalue weighted by Gasteiger charge is 2.76. The second-order valence-corrected chi connectivity index (χ2v) is 12.6. The summed E-state index contributed by atoms with van der Waals surface area (Å²) in [7, 11) is 1.21. The van der Waals surface area contributed by atoms with Crippen molar-refractivity contribution in [3.05, 3.63) is 116 Å². The highest BCUT2D eigenvalue weighted by molar-refractivity contribution is 6.58. The lowest BCUT2D eigenvalue weighted by Crippen LogP contribution is -2.59. The number of phenolic OH excluding ortho intramolecular Hbond substituents is 1. The van der Waals surface area contributed by atoms with E-state index in [0.29, 0.717) is 0 Å². The Hall–Kier alpha value is -4.89. The molecule has 1 N–H and O–H groups in total. The Morgan fingerprint density at radius 1 is 0.854 bits per heavy atom. The Bertz CT molecular complexity index is 2230. The van der Waals surface area contributed by atoms with Crippen LogP contribution in [0.4, 0.5) is 27.6 Å². The van der Waals surface area contributed by atoms with Crippen molar-refractivity contribution in [2.75, 3.05) is 12.0 Å². The fourth-order valence-electron chi connectivity index (χ4n) is 6.87. The molecule has 4 aromatic rings. The number of carbonyl (C=O) groups excluding carboxylic acids is 2. The second kappa shape index (κ2) is 10.6. The molecule has 2 fully saturated rings. The quantitative estimate of drug-likeness (QED) is 0.0839. The minimum Gasteiger partial charge on any atom is -0.504 e. The van der Waals surface area contributed by atoms with Crippen molar-refractivity contribution in [3.63, 3.8) is 0 Å². The molecule has 4 atom stereocenters. The Morgan fingerprint density at radius 2 is 1.48 bits per heavy atom. The van der Waals surface area contributed by atoms with Crippen LogP contribution in [0.5, 0.6) is 11.5 Å². The SMILES string of the molecule is COc1cc(C2C3=CCn4c(=O)n(-c5ccccc5)c(=O)n4C3CC3(Cl)C(=O)N(c4c(F)c(F)c(F)c(F)c4F)C(=O)C23Cl)ccc1O. The van der Waals surface area contributed by atoms with E-state index >= 15 is 8.78 Å². The number of anilines is 1. The molecule has 2 amide bonds. The number of ether oxygens (including phenoxy) is 1. The number of imide groups is 1. The molecule has 248 valence electrons. The van der Waals surface area contributed by atoms with Crippen LogP contribution in [0.1, 0.15) is 23.9 Å². The number of hydrogen-bond donors (Lipinski definition) is 1. The molecule has 1 saturated carbocycles. The maximum atomic E-state index is 15.2. The Labute approximate surface area is 275 Å². The Balaban J connectivity index is 1.50. The number of phenols is 1. The average Bonchev–Trinajstić information content (AvgIpc) is 3.42. The number of methoxy groups -OCH3 is 1. The van der Waals surface area contributed by atoms with Gasteiger partial charge in [0, 0.05) is 12.3 Å². The number of rotatable bonds is 4. The number of halogens is 7. The Kier molecular flexibility index (Phi) is 6.97. The summed E-state index contributed by atoms with van der Waals surface area (Å²) in [4.78, 5) is 50.2. The summed E-state index contributed by atoms with van der Waals surface area (Å²) in [6, 6.07) is 10.2. The van der Waals surface area contributed by atoms with E-state index in [4.69, 9.17) is 27.9 Å². The van der Waals surface area contributed by atoms with Crippen molar-refractivity contribution < 1.29 is 41.4 Å². The largest absolute Gasteiger partial charge is 0.504 e. The predicted molar refractivity (Wildman–Crippen MR) is 159 cm³/mol. The molecule has 3 aromatic carbocycles. The molecule has 0 radical (unpaired) electrons. The lowest BCUT2D eigenvalue weighted by molar-refractivity contribution is -0.122. The first kappa shape index (κ1) is 31.7. The molecule has 4 unspecified atom stereocenters. The van der Waals surface area contributed by atoms with Crippen molar-refractivity contribution in [2.24, 2.45) is 0 Å². The molecule has 1 aliphatic carbocycles. The summed E-state index contributed by atoms with van der Waals surface area (Å²) in [5.41, 5.74) is -3.13. The third kappa shape index (κ3) is 3.85. The van der Waals surface area contributed by atoms with Crippen LogP contribution in [0.15, 0.2) is 69.8 Å². The van der Waals surface area contributed by atoms with Crippen LogP contribution in [0.2, 0.25) is 0 Å². The van der Waals surface area contributed by atoms with Gasteiger partial charge in [-0.3, -0.25) is 9.59 Å². The maximum absolute atomic E-state index is 15.2. The predicted octanol–water partition coefficient (Wildman–Crippen LogP) is 4.41. The zero-order chi connectivity index (χ0) is 34.6. The van der Waals surface area contributed by atoms with E-state index in [-0.39, 0.29) is 39.8 Å². The number of hydrogen-bond acceptors (Lipinski definition) is 6. The van der Waals surface area contributed by atoms with Crippen LogP contribution >= 0.6 is 23.2 Å². The van der Waals surface area contributed by atoms with Gasteiger partial charge in [-0.25, -0.2) is 50.4 Å². The normalized spacial score (nSPS) is 24.7. The fraction of sp³-hybridized carbons (Fsp3) is 0.226. The van der Waals surface area contributed by atoms with Crippen LogP contribution in [-0.2, 0) is 16.1 Å². The molecular weight excluding hydrogens is 690 g/mol. The van der Waals surface area contributed by atoms with E-state index < -0.39 is 86.1 Å². The molecule has 10 nitrogen and oxygen atoms in total. The number of aromatic hydroxyl groups is 1. The third-order valence-electron chi connectivity index (χ3n) is 9.04. The van der Waals surface area contributed by atoms with Crippen molar-refractivity contribution >= 4 is 40.7 Å². The van der Waals surface area contributed by atoms with Gasteiger partial charge in [0.1, 0.15) is 5.69 Å². The number of aromatic nitrogens is 3. The number of para-hydroxylation sites is 1. The van der Waals surface area contributed by atoms with Gasteiger partial charge < -0.3 is 9.84 Å². The van der Waals surface area contributed by atoms with E-state index in [1.807, 2.05) is 0 Å². The van der Waals surface area contributed by atoms with Gasteiger partial charge in [0.25, 0.3) is 11.8 Å². The molecule has 3 heterocycles. The molecule has 0 spiro atoms. The first-order valence-corrected chi connectivity index (χ1v) is 14.8. The van der Waals surface area contributed by atoms with Gasteiger partial charge in [0.2, 0.25) is 5.82 Å². The number of fused-ring (bicyclic) bond motifs is 4. The first-order chi connectivity index (χ1) is 22.7. The van der Waals surface area contributed by atoms with Crippen LogP contribution < -0.4 is 21.0 Å². The van der Waals surface area contributed by atoms with E-state index in [2.05, 4.69) is 0 Å². The van der Waals surface area contributed by atoms with Gasteiger partial charge in [-0.05, 0) is 35.4 Å². The molecule has 1 saturated heterocycles. The minimum absolute atomic E-state index is 0.0485. The number of allylic oxidation sites excluding steroid dienone is 2. The fourth-order valence-corrected chi connectivity index (χ4v) is 7.79. The van der Waals surface area contributed by atoms with Crippen LogP contribution in [0.3, 0.4) is 0 Å².